The normalized spacial score (nSPS) is 9.69. The van der Waals surface area contributed by atoms with E-state index in [1.807, 2.05) is 6.07 Å². The molecule has 0 aliphatic rings. The molecule has 0 aliphatic heterocycles. The van der Waals surface area contributed by atoms with Gasteiger partial charge in [-0.1, -0.05) is 6.58 Å². The Kier molecular flexibility index (Phi) is 3.81. The number of anilines is 1. The summed E-state index contributed by atoms with van der Waals surface area (Å²) in [5, 5.41) is 14.1. The summed E-state index contributed by atoms with van der Waals surface area (Å²) in [5.41, 5.74) is 6.45. The number of nitriles is 1. The van der Waals surface area contributed by atoms with E-state index >= 15 is 0 Å². The van der Waals surface area contributed by atoms with Crippen LogP contribution < -0.4 is 10.7 Å². The molecule has 0 radical (unpaired) electrons. The highest BCUT2D eigenvalue weighted by molar-refractivity contribution is 5.78. The Balaban J connectivity index is 3.28. The molecule has 0 atom stereocenters. The van der Waals surface area contributed by atoms with E-state index in [1.54, 1.807) is 12.1 Å². The van der Waals surface area contributed by atoms with Gasteiger partial charge in [-0.15, -0.1) is 0 Å². The number of rotatable bonds is 4. The van der Waals surface area contributed by atoms with Crippen molar-refractivity contribution in [3.8, 4) is 6.07 Å². The van der Waals surface area contributed by atoms with Gasteiger partial charge in [-0.3, -0.25) is 4.79 Å². The average molecular weight is 214 g/mol. The van der Waals surface area contributed by atoms with Gasteiger partial charge in [0.1, 0.15) is 18.7 Å². The molecule has 0 aliphatic carbocycles. The fraction of sp³-hybridized carbons (Fsp3) is 0. The molecular formula is C11H10N4O. The summed E-state index contributed by atoms with van der Waals surface area (Å²) in [7, 11) is 0. The van der Waals surface area contributed by atoms with Gasteiger partial charge in [0.25, 0.3) is 0 Å². The highest BCUT2D eigenvalue weighted by atomic mass is 16.1. The number of hydrogen-bond donors (Lipinski definition) is 1. The minimum atomic E-state index is 0.329. The summed E-state index contributed by atoms with van der Waals surface area (Å²) in [5.74, 6) is 0. The fourth-order valence-corrected chi connectivity index (χ4v) is 1.20. The van der Waals surface area contributed by atoms with Crippen LogP contribution in [0.25, 0.3) is 0 Å². The van der Waals surface area contributed by atoms with Crippen LogP contribution in [0, 0.1) is 11.3 Å². The zero-order valence-corrected chi connectivity index (χ0v) is 8.50. The van der Waals surface area contributed by atoms with Crippen LogP contribution in [0.5, 0.6) is 0 Å². The molecule has 1 aromatic carbocycles. The largest absolute Gasteiger partial charge is 0.388 e. The van der Waals surface area contributed by atoms with E-state index in [-0.39, 0.29) is 0 Å². The molecule has 5 nitrogen and oxygen atoms in total. The number of nitrogens with two attached hydrogens (primary N) is 1. The van der Waals surface area contributed by atoms with Gasteiger partial charge in [0.2, 0.25) is 0 Å². The Bertz CT molecular complexity index is 473. The second-order valence-electron chi connectivity index (χ2n) is 2.80. The Morgan fingerprint density at radius 3 is 2.81 bits per heavy atom. The van der Waals surface area contributed by atoms with Gasteiger partial charge in [0, 0.05) is 11.8 Å². The highest BCUT2D eigenvalue weighted by Crippen LogP contribution is 2.21. The Hall–Kier alpha value is -2.61. The number of hydrazone groups is 1. The van der Waals surface area contributed by atoms with Crippen molar-refractivity contribution in [2.24, 2.45) is 10.8 Å². The van der Waals surface area contributed by atoms with Crippen molar-refractivity contribution in [2.75, 3.05) is 5.01 Å². The minimum Gasteiger partial charge on any atom is -0.388 e. The van der Waals surface area contributed by atoms with Crippen LogP contribution in [0.2, 0.25) is 0 Å². The molecule has 0 bridgehead atoms. The number of carbonyl (C=O) groups excluding carboxylic acids is 1. The quantitative estimate of drug-likeness (QED) is 0.353. The van der Waals surface area contributed by atoms with Crippen molar-refractivity contribution in [2.45, 2.75) is 0 Å². The molecule has 80 valence electrons. The predicted molar refractivity (Wildman–Crippen MR) is 61.9 cm³/mol. The van der Waals surface area contributed by atoms with E-state index in [0.29, 0.717) is 23.1 Å². The number of benzene rings is 1. The maximum atomic E-state index is 10.6. The van der Waals surface area contributed by atoms with Crippen LogP contribution in [-0.2, 0) is 0 Å². The van der Waals surface area contributed by atoms with E-state index in [9.17, 15) is 4.79 Å². The third-order valence-electron chi connectivity index (χ3n) is 1.89. The first kappa shape index (κ1) is 11.5. The molecule has 16 heavy (non-hydrogen) atoms. The average Bonchev–Trinajstić information content (AvgIpc) is 2.35. The van der Waals surface area contributed by atoms with Crippen LogP contribution in [0.1, 0.15) is 15.9 Å². The lowest BCUT2D eigenvalue weighted by molar-refractivity contribution is 0.112. The van der Waals surface area contributed by atoms with E-state index < -0.39 is 0 Å². The SMILES string of the molecule is C=CN(/N=C\N)c1ccc(C=O)cc1C#N. The van der Waals surface area contributed by atoms with Gasteiger partial charge in [0.15, 0.2) is 0 Å². The van der Waals surface area contributed by atoms with Gasteiger partial charge < -0.3 is 5.73 Å². The third-order valence-corrected chi connectivity index (χ3v) is 1.89. The maximum absolute atomic E-state index is 10.6. The summed E-state index contributed by atoms with van der Waals surface area (Å²) in [6.07, 6.45) is 3.19. The second-order valence-corrected chi connectivity index (χ2v) is 2.80. The van der Waals surface area contributed by atoms with Crippen LogP contribution in [0.3, 0.4) is 0 Å². The van der Waals surface area contributed by atoms with Gasteiger partial charge in [-0.05, 0) is 18.2 Å². The molecule has 0 fully saturated rings. The van der Waals surface area contributed by atoms with Crippen LogP contribution in [0.15, 0.2) is 36.1 Å². The number of hydrogen-bond acceptors (Lipinski definition) is 4. The van der Waals surface area contributed by atoms with Gasteiger partial charge >= 0.3 is 0 Å². The molecule has 0 saturated carbocycles. The van der Waals surface area contributed by atoms with Crippen molar-refractivity contribution in [3.05, 3.63) is 42.1 Å². The topological polar surface area (TPSA) is 82.5 Å². The molecule has 0 unspecified atom stereocenters. The standard InChI is InChI=1S/C11H10N4O/c1-2-15(14-8-13)11-4-3-9(7-16)5-10(11)6-12/h2-5,7-8H,1H2,(H2,13,14). The second kappa shape index (κ2) is 5.32. The molecule has 0 spiro atoms. The lowest BCUT2D eigenvalue weighted by Gasteiger charge is -2.14. The monoisotopic (exact) mass is 214 g/mol. The summed E-state index contributed by atoms with van der Waals surface area (Å²) < 4.78 is 0. The van der Waals surface area contributed by atoms with Crippen LogP contribution >= 0.6 is 0 Å². The molecule has 0 aromatic heterocycles. The predicted octanol–water partition coefficient (Wildman–Crippen LogP) is 1.22. The molecule has 2 N–H and O–H groups in total. The Morgan fingerprint density at radius 1 is 1.56 bits per heavy atom. The summed E-state index contributed by atoms with van der Waals surface area (Å²) in [6, 6.07) is 6.65. The first-order chi connectivity index (χ1) is 7.76. The van der Waals surface area contributed by atoms with Crippen molar-refractivity contribution in [3.63, 3.8) is 0 Å². The highest BCUT2D eigenvalue weighted by Gasteiger charge is 2.08. The lowest BCUT2D eigenvalue weighted by atomic mass is 10.1. The smallest absolute Gasteiger partial charge is 0.150 e. The molecule has 0 saturated heterocycles. The zero-order chi connectivity index (χ0) is 12.0. The molecule has 5 heteroatoms. The first-order valence-corrected chi connectivity index (χ1v) is 4.42. The summed E-state index contributed by atoms with van der Waals surface area (Å²) >= 11 is 0. The first-order valence-electron chi connectivity index (χ1n) is 4.42. The van der Waals surface area contributed by atoms with E-state index in [0.717, 1.165) is 6.34 Å². The Labute approximate surface area is 93.1 Å². The van der Waals surface area contributed by atoms with E-state index in [2.05, 4.69) is 11.7 Å². The van der Waals surface area contributed by atoms with E-state index in [1.165, 1.54) is 17.3 Å². The third kappa shape index (κ3) is 2.25. The summed E-state index contributed by atoms with van der Waals surface area (Å²) in [4.78, 5) is 10.6. The van der Waals surface area contributed by atoms with Crippen molar-refractivity contribution < 1.29 is 4.79 Å². The fourth-order valence-electron chi connectivity index (χ4n) is 1.20. The number of aldehydes is 1. The zero-order valence-electron chi connectivity index (χ0n) is 8.50. The van der Waals surface area contributed by atoms with E-state index in [4.69, 9.17) is 11.0 Å². The minimum absolute atomic E-state index is 0.329. The Morgan fingerprint density at radius 2 is 2.31 bits per heavy atom. The molecule has 1 rings (SSSR count). The summed E-state index contributed by atoms with van der Waals surface area (Å²) in [6.45, 7) is 3.55. The van der Waals surface area contributed by atoms with Crippen molar-refractivity contribution in [1.29, 1.82) is 5.26 Å². The molecular weight excluding hydrogens is 204 g/mol. The molecule has 1 aromatic rings. The van der Waals surface area contributed by atoms with Crippen molar-refractivity contribution in [1.82, 2.24) is 0 Å². The van der Waals surface area contributed by atoms with Crippen LogP contribution in [0.4, 0.5) is 5.69 Å². The lowest BCUT2D eigenvalue weighted by Crippen LogP contribution is -2.11. The van der Waals surface area contributed by atoms with Gasteiger partial charge in [0.05, 0.1) is 11.3 Å². The van der Waals surface area contributed by atoms with Gasteiger partial charge in [-0.25, -0.2) is 5.01 Å². The molecule has 0 heterocycles. The number of carbonyl (C=O) groups is 1. The van der Waals surface area contributed by atoms with Crippen molar-refractivity contribution >= 4 is 18.3 Å². The van der Waals surface area contributed by atoms with Gasteiger partial charge in [-0.2, -0.15) is 10.4 Å². The molecule has 0 amide bonds. The maximum Gasteiger partial charge on any atom is 0.150 e. The number of nitrogens with zero attached hydrogens (tertiary/aromatic N) is 3. The van der Waals surface area contributed by atoms with Crippen LogP contribution in [-0.4, -0.2) is 12.6 Å².